The van der Waals surface area contributed by atoms with Gasteiger partial charge < -0.3 is 10.1 Å². The summed E-state index contributed by atoms with van der Waals surface area (Å²) in [6, 6.07) is 8.61. The van der Waals surface area contributed by atoms with Crippen LogP contribution in [0, 0.1) is 5.92 Å². The SMILES string of the molecule is COc1cccc(CC2(C3CC3)CCCCCN2)c1. The van der Waals surface area contributed by atoms with Gasteiger partial charge in [0.25, 0.3) is 0 Å². The standard InChI is InChI=1S/C17H25NO/c1-19-16-7-5-6-14(12-16)13-17(15-8-9-15)10-3-2-4-11-18-17/h5-7,12,15,18H,2-4,8-11,13H2,1H3. The molecule has 1 aromatic carbocycles. The second kappa shape index (κ2) is 5.54. The summed E-state index contributed by atoms with van der Waals surface area (Å²) in [7, 11) is 1.75. The van der Waals surface area contributed by atoms with Crippen molar-refractivity contribution in [3.8, 4) is 5.75 Å². The third-order valence-corrected chi connectivity index (χ3v) is 4.79. The minimum absolute atomic E-state index is 0.364. The van der Waals surface area contributed by atoms with Crippen LogP contribution in [-0.2, 0) is 6.42 Å². The van der Waals surface area contributed by atoms with Crippen molar-refractivity contribution < 1.29 is 4.74 Å². The fraction of sp³-hybridized carbons (Fsp3) is 0.647. The molecule has 3 rings (SSSR count). The van der Waals surface area contributed by atoms with E-state index in [2.05, 4.69) is 23.5 Å². The summed E-state index contributed by atoms with van der Waals surface area (Å²) in [5.41, 5.74) is 1.78. The Morgan fingerprint density at radius 1 is 1.26 bits per heavy atom. The molecule has 0 spiro atoms. The van der Waals surface area contributed by atoms with Crippen molar-refractivity contribution in [2.45, 2.75) is 50.5 Å². The molecule has 1 unspecified atom stereocenters. The first-order valence-corrected chi connectivity index (χ1v) is 7.70. The summed E-state index contributed by atoms with van der Waals surface area (Å²) >= 11 is 0. The molecule has 2 aliphatic rings. The van der Waals surface area contributed by atoms with Crippen LogP contribution in [0.1, 0.15) is 44.1 Å². The molecule has 1 atom stereocenters. The lowest BCUT2D eigenvalue weighted by Crippen LogP contribution is -2.48. The molecule has 0 bridgehead atoms. The summed E-state index contributed by atoms with van der Waals surface area (Å²) in [6.45, 7) is 1.19. The van der Waals surface area contributed by atoms with Gasteiger partial charge >= 0.3 is 0 Å². The first kappa shape index (κ1) is 13.0. The van der Waals surface area contributed by atoms with Gasteiger partial charge in [-0.05, 0) is 62.3 Å². The molecule has 0 amide bonds. The molecule has 1 saturated carbocycles. The highest BCUT2D eigenvalue weighted by molar-refractivity contribution is 5.30. The number of nitrogens with one attached hydrogen (secondary N) is 1. The molecule has 1 aromatic rings. The van der Waals surface area contributed by atoms with Crippen LogP contribution in [0.5, 0.6) is 5.75 Å². The van der Waals surface area contributed by atoms with Crippen molar-refractivity contribution in [1.82, 2.24) is 5.32 Å². The number of benzene rings is 1. The van der Waals surface area contributed by atoms with Crippen LogP contribution >= 0.6 is 0 Å². The van der Waals surface area contributed by atoms with Crippen molar-refractivity contribution in [2.75, 3.05) is 13.7 Å². The van der Waals surface area contributed by atoms with Gasteiger partial charge in [0.2, 0.25) is 0 Å². The first-order valence-electron chi connectivity index (χ1n) is 7.70. The van der Waals surface area contributed by atoms with E-state index in [1.165, 1.54) is 50.6 Å². The molecule has 2 nitrogen and oxygen atoms in total. The second-order valence-electron chi connectivity index (χ2n) is 6.20. The molecule has 19 heavy (non-hydrogen) atoms. The lowest BCUT2D eigenvalue weighted by Gasteiger charge is -2.34. The minimum Gasteiger partial charge on any atom is -0.497 e. The minimum atomic E-state index is 0.364. The van der Waals surface area contributed by atoms with Crippen LogP contribution in [0.3, 0.4) is 0 Å². The molecule has 1 saturated heterocycles. The summed E-state index contributed by atoms with van der Waals surface area (Å²) in [5.74, 6) is 1.88. The lowest BCUT2D eigenvalue weighted by molar-refractivity contribution is 0.270. The van der Waals surface area contributed by atoms with Crippen LogP contribution in [0.2, 0.25) is 0 Å². The van der Waals surface area contributed by atoms with E-state index in [0.29, 0.717) is 5.54 Å². The highest BCUT2D eigenvalue weighted by Crippen LogP contribution is 2.45. The van der Waals surface area contributed by atoms with Crippen molar-refractivity contribution in [3.63, 3.8) is 0 Å². The molecule has 0 aromatic heterocycles. The van der Waals surface area contributed by atoms with Gasteiger partial charge in [-0.2, -0.15) is 0 Å². The number of methoxy groups -OCH3 is 1. The van der Waals surface area contributed by atoms with Crippen LogP contribution in [0.4, 0.5) is 0 Å². The normalized spacial score (nSPS) is 27.8. The van der Waals surface area contributed by atoms with Gasteiger partial charge in [-0.1, -0.05) is 25.0 Å². The van der Waals surface area contributed by atoms with E-state index in [0.717, 1.165) is 18.1 Å². The average Bonchev–Trinajstić information content (AvgIpc) is 3.26. The Kier molecular flexibility index (Phi) is 3.79. The topological polar surface area (TPSA) is 21.3 Å². The highest BCUT2D eigenvalue weighted by Gasteiger charge is 2.44. The van der Waals surface area contributed by atoms with E-state index < -0.39 is 0 Å². The van der Waals surface area contributed by atoms with Gasteiger partial charge in [0.15, 0.2) is 0 Å². The fourth-order valence-electron chi connectivity index (χ4n) is 3.59. The molecule has 1 aliphatic carbocycles. The molecule has 1 heterocycles. The maximum Gasteiger partial charge on any atom is 0.119 e. The summed E-state index contributed by atoms with van der Waals surface area (Å²) in [5, 5.41) is 3.90. The summed E-state index contributed by atoms with van der Waals surface area (Å²) in [6.07, 6.45) is 9.44. The van der Waals surface area contributed by atoms with Gasteiger partial charge in [0, 0.05) is 5.54 Å². The lowest BCUT2D eigenvalue weighted by atomic mass is 9.82. The largest absolute Gasteiger partial charge is 0.497 e. The van der Waals surface area contributed by atoms with Crippen molar-refractivity contribution in [1.29, 1.82) is 0 Å². The first-order chi connectivity index (χ1) is 9.32. The number of hydrogen-bond acceptors (Lipinski definition) is 2. The molecule has 1 aliphatic heterocycles. The zero-order valence-corrected chi connectivity index (χ0v) is 12.0. The van der Waals surface area contributed by atoms with Gasteiger partial charge in [-0.25, -0.2) is 0 Å². The van der Waals surface area contributed by atoms with E-state index in [-0.39, 0.29) is 0 Å². The quantitative estimate of drug-likeness (QED) is 0.893. The fourth-order valence-corrected chi connectivity index (χ4v) is 3.59. The Balaban J connectivity index is 1.80. The molecular weight excluding hydrogens is 234 g/mol. The Hall–Kier alpha value is -1.02. The average molecular weight is 259 g/mol. The van der Waals surface area contributed by atoms with Crippen LogP contribution in [0.15, 0.2) is 24.3 Å². The highest BCUT2D eigenvalue weighted by atomic mass is 16.5. The number of ether oxygens (including phenoxy) is 1. The molecule has 0 radical (unpaired) electrons. The zero-order valence-electron chi connectivity index (χ0n) is 12.0. The second-order valence-corrected chi connectivity index (χ2v) is 6.20. The Bertz CT molecular complexity index is 417. The van der Waals surface area contributed by atoms with E-state index in [1.54, 1.807) is 7.11 Å². The third kappa shape index (κ3) is 2.94. The van der Waals surface area contributed by atoms with E-state index in [1.807, 2.05) is 6.07 Å². The van der Waals surface area contributed by atoms with E-state index in [4.69, 9.17) is 4.74 Å². The monoisotopic (exact) mass is 259 g/mol. The zero-order chi connectivity index (χ0) is 13.1. The van der Waals surface area contributed by atoms with E-state index in [9.17, 15) is 0 Å². The van der Waals surface area contributed by atoms with Crippen molar-refractivity contribution in [3.05, 3.63) is 29.8 Å². The number of hydrogen-bond donors (Lipinski definition) is 1. The molecule has 104 valence electrons. The molecular formula is C17H25NO. The van der Waals surface area contributed by atoms with Crippen LogP contribution in [0.25, 0.3) is 0 Å². The van der Waals surface area contributed by atoms with E-state index >= 15 is 0 Å². The Morgan fingerprint density at radius 2 is 2.16 bits per heavy atom. The Labute approximate surface area is 116 Å². The maximum absolute atomic E-state index is 5.36. The van der Waals surface area contributed by atoms with Crippen LogP contribution < -0.4 is 10.1 Å². The predicted molar refractivity (Wildman–Crippen MR) is 78.6 cm³/mol. The van der Waals surface area contributed by atoms with Gasteiger partial charge in [0.1, 0.15) is 5.75 Å². The van der Waals surface area contributed by atoms with Crippen LogP contribution in [-0.4, -0.2) is 19.2 Å². The van der Waals surface area contributed by atoms with Gasteiger partial charge in [-0.15, -0.1) is 0 Å². The van der Waals surface area contributed by atoms with Crippen molar-refractivity contribution in [2.24, 2.45) is 5.92 Å². The molecule has 2 fully saturated rings. The molecule has 2 heteroatoms. The van der Waals surface area contributed by atoms with Gasteiger partial charge in [0.05, 0.1) is 7.11 Å². The summed E-state index contributed by atoms with van der Waals surface area (Å²) < 4.78 is 5.36. The summed E-state index contributed by atoms with van der Waals surface area (Å²) in [4.78, 5) is 0. The third-order valence-electron chi connectivity index (χ3n) is 4.79. The number of rotatable bonds is 4. The molecule has 1 N–H and O–H groups in total. The smallest absolute Gasteiger partial charge is 0.119 e. The van der Waals surface area contributed by atoms with Gasteiger partial charge in [-0.3, -0.25) is 0 Å². The predicted octanol–water partition coefficient (Wildman–Crippen LogP) is 3.55. The Morgan fingerprint density at radius 3 is 2.95 bits per heavy atom. The van der Waals surface area contributed by atoms with Crippen molar-refractivity contribution >= 4 is 0 Å². The maximum atomic E-state index is 5.36.